The Morgan fingerprint density at radius 3 is 2.36 bits per heavy atom. The van der Waals surface area contributed by atoms with Gasteiger partial charge in [-0.05, 0) is 73.1 Å². The summed E-state index contributed by atoms with van der Waals surface area (Å²) >= 11 is 5.45. The summed E-state index contributed by atoms with van der Waals surface area (Å²) in [6.45, 7) is 0.443. The number of pyridine rings is 2. The van der Waals surface area contributed by atoms with Gasteiger partial charge in [0.15, 0.2) is 0 Å². The molecular weight excluding hydrogens is 518 g/mol. The highest BCUT2D eigenvalue weighted by molar-refractivity contribution is 6.15. The number of halogens is 1. The Hall–Kier alpha value is -4.78. The minimum atomic E-state index is -0.974. The van der Waals surface area contributed by atoms with Gasteiger partial charge in [-0.25, -0.2) is 9.78 Å². The molecule has 3 heterocycles. The molecule has 2 aromatic carbocycles. The van der Waals surface area contributed by atoms with E-state index in [1.165, 1.54) is 4.90 Å². The molecule has 10 heteroatoms. The monoisotopic (exact) mass is 539 g/mol. The van der Waals surface area contributed by atoms with Crippen molar-refractivity contribution in [2.24, 2.45) is 0 Å². The SMILES string of the molecule is O=C(NNCl)c1cc(-c2ccc(C#Cc3ccc(C(=O)N4CCC[C@H]4C(=O)O)cc3)cc2)nc2ccncc12. The first-order valence-electron chi connectivity index (χ1n) is 12.1. The van der Waals surface area contributed by atoms with Crippen molar-refractivity contribution in [3.05, 3.63) is 95.3 Å². The third-order valence-electron chi connectivity index (χ3n) is 6.48. The molecule has 194 valence electrons. The van der Waals surface area contributed by atoms with E-state index in [9.17, 15) is 19.5 Å². The molecule has 4 aromatic rings. The Morgan fingerprint density at radius 2 is 1.69 bits per heavy atom. The number of carboxylic acids is 1. The van der Waals surface area contributed by atoms with Crippen molar-refractivity contribution in [2.75, 3.05) is 6.54 Å². The van der Waals surface area contributed by atoms with Crippen molar-refractivity contribution < 1.29 is 19.5 Å². The highest BCUT2D eigenvalue weighted by Crippen LogP contribution is 2.25. The second kappa shape index (κ2) is 11.3. The van der Waals surface area contributed by atoms with Crippen LogP contribution in [-0.4, -0.2) is 50.3 Å². The van der Waals surface area contributed by atoms with Gasteiger partial charge in [0.05, 0.1) is 16.8 Å². The molecule has 1 aliphatic rings. The van der Waals surface area contributed by atoms with E-state index in [0.29, 0.717) is 47.1 Å². The minimum Gasteiger partial charge on any atom is -0.480 e. The van der Waals surface area contributed by atoms with Gasteiger partial charge in [0.1, 0.15) is 6.04 Å². The standard InChI is InChI=1S/C29H22ClN5O4/c30-34-33-27(36)22-16-25(32-24-13-14-31-17-23(22)24)20-9-5-18(6-10-20)3-4-19-7-11-21(12-8-19)28(37)35-15-1-2-26(35)29(38)39/h5-14,16-17,26,34H,1-2,15H2,(H,33,36)(H,38,39)/t26-/m0/s1. The number of carbonyl (C=O) groups excluding carboxylic acids is 2. The lowest BCUT2D eigenvalue weighted by atomic mass is 10.0. The lowest BCUT2D eigenvalue weighted by molar-refractivity contribution is -0.141. The molecule has 1 saturated heterocycles. The van der Waals surface area contributed by atoms with Gasteiger partial charge >= 0.3 is 5.97 Å². The van der Waals surface area contributed by atoms with Gasteiger partial charge in [-0.1, -0.05) is 24.0 Å². The van der Waals surface area contributed by atoms with Crippen molar-refractivity contribution in [3.8, 4) is 23.1 Å². The molecule has 0 saturated carbocycles. The van der Waals surface area contributed by atoms with E-state index in [1.54, 1.807) is 48.8 Å². The molecule has 3 N–H and O–H groups in total. The second-order valence-electron chi connectivity index (χ2n) is 8.90. The number of hydrogen-bond donors (Lipinski definition) is 3. The molecule has 1 aliphatic heterocycles. The topological polar surface area (TPSA) is 125 Å². The number of hydrazine groups is 1. The summed E-state index contributed by atoms with van der Waals surface area (Å²) in [6, 6.07) is 16.9. The Morgan fingerprint density at radius 1 is 1.00 bits per heavy atom. The summed E-state index contributed by atoms with van der Waals surface area (Å²) < 4.78 is 0. The van der Waals surface area contributed by atoms with E-state index in [4.69, 9.17) is 11.8 Å². The van der Waals surface area contributed by atoms with Gasteiger partial charge < -0.3 is 10.0 Å². The van der Waals surface area contributed by atoms with E-state index >= 15 is 0 Å². The molecule has 0 unspecified atom stereocenters. The van der Waals surface area contributed by atoms with Crippen molar-refractivity contribution in [1.29, 1.82) is 0 Å². The molecular formula is C29H22ClN5O4. The van der Waals surface area contributed by atoms with Crippen LogP contribution in [-0.2, 0) is 4.79 Å². The van der Waals surface area contributed by atoms with Crippen molar-refractivity contribution >= 4 is 40.5 Å². The largest absolute Gasteiger partial charge is 0.480 e. The molecule has 0 spiro atoms. The number of benzene rings is 2. The van der Waals surface area contributed by atoms with Crippen LogP contribution in [0.25, 0.3) is 22.2 Å². The number of rotatable bonds is 5. The zero-order chi connectivity index (χ0) is 27.4. The molecule has 5 rings (SSSR count). The number of nitrogens with one attached hydrogen (secondary N) is 2. The minimum absolute atomic E-state index is 0.284. The van der Waals surface area contributed by atoms with Crippen LogP contribution in [0.3, 0.4) is 0 Å². The molecule has 39 heavy (non-hydrogen) atoms. The van der Waals surface area contributed by atoms with Crippen LogP contribution in [0.4, 0.5) is 0 Å². The molecule has 2 amide bonds. The first kappa shape index (κ1) is 25.9. The van der Waals surface area contributed by atoms with Crippen molar-refractivity contribution in [3.63, 3.8) is 0 Å². The summed E-state index contributed by atoms with van der Waals surface area (Å²) in [6.07, 6.45) is 4.35. The number of aliphatic carboxylic acids is 1. The van der Waals surface area contributed by atoms with E-state index in [1.807, 2.05) is 24.3 Å². The van der Waals surface area contributed by atoms with Crippen LogP contribution in [0, 0.1) is 11.8 Å². The van der Waals surface area contributed by atoms with E-state index < -0.39 is 17.9 Å². The van der Waals surface area contributed by atoms with Crippen LogP contribution in [0.5, 0.6) is 0 Å². The molecule has 0 aliphatic carbocycles. The predicted octanol–water partition coefficient (Wildman–Crippen LogP) is 3.77. The van der Waals surface area contributed by atoms with Gasteiger partial charge in [0.25, 0.3) is 11.8 Å². The van der Waals surface area contributed by atoms with E-state index in [2.05, 4.69) is 32.2 Å². The Bertz CT molecular complexity index is 1630. The normalized spacial score (nSPS) is 14.5. The number of carbonyl (C=O) groups is 3. The van der Waals surface area contributed by atoms with E-state index in [0.717, 1.165) is 16.7 Å². The fraction of sp³-hybridized carbons (Fsp3) is 0.138. The average Bonchev–Trinajstić information content (AvgIpc) is 3.46. The highest BCUT2D eigenvalue weighted by Gasteiger charge is 2.34. The fourth-order valence-electron chi connectivity index (χ4n) is 4.51. The molecule has 2 aromatic heterocycles. The number of likely N-dealkylation sites (tertiary alicyclic amines) is 1. The number of carboxylic acid groups (broad SMARTS) is 1. The maximum atomic E-state index is 12.8. The summed E-state index contributed by atoms with van der Waals surface area (Å²) in [5.74, 6) is 4.51. The summed E-state index contributed by atoms with van der Waals surface area (Å²) in [7, 11) is 0. The van der Waals surface area contributed by atoms with E-state index in [-0.39, 0.29) is 5.91 Å². The molecule has 1 atom stereocenters. The molecule has 0 bridgehead atoms. The summed E-state index contributed by atoms with van der Waals surface area (Å²) in [4.78, 5) is 49.0. The first-order chi connectivity index (χ1) is 18.9. The number of nitrogens with zero attached hydrogens (tertiary/aromatic N) is 3. The molecule has 1 fully saturated rings. The summed E-state index contributed by atoms with van der Waals surface area (Å²) in [5, 5.41) is 9.94. The van der Waals surface area contributed by atoms with Crippen LogP contribution in [0.1, 0.15) is 44.7 Å². The smallest absolute Gasteiger partial charge is 0.326 e. The van der Waals surface area contributed by atoms with Crippen LogP contribution in [0.2, 0.25) is 0 Å². The van der Waals surface area contributed by atoms with Gasteiger partial charge in [-0.3, -0.25) is 20.0 Å². The average molecular weight is 540 g/mol. The second-order valence-corrected chi connectivity index (χ2v) is 9.08. The summed E-state index contributed by atoms with van der Waals surface area (Å²) in [5.41, 5.74) is 6.71. The highest BCUT2D eigenvalue weighted by atomic mass is 35.5. The first-order valence-corrected chi connectivity index (χ1v) is 12.5. The predicted molar refractivity (Wildman–Crippen MR) is 146 cm³/mol. The lowest BCUT2D eigenvalue weighted by Gasteiger charge is -2.21. The lowest BCUT2D eigenvalue weighted by Crippen LogP contribution is -2.40. The van der Waals surface area contributed by atoms with Gasteiger partial charge in [0.2, 0.25) is 0 Å². The third-order valence-corrected chi connectivity index (χ3v) is 6.57. The van der Waals surface area contributed by atoms with Gasteiger partial charge in [0, 0.05) is 46.6 Å². The Kier molecular flexibility index (Phi) is 7.50. The quantitative estimate of drug-likeness (QED) is 0.200. The van der Waals surface area contributed by atoms with Gasteiger partial charge in [-0.15, -0.1) is 4.94 Å². The Labute approximate surface area is 228 Å². The molecule has 9 nitrogen and oxygen atoms in total. The van der Waals surface area contributed by atoms with Crippen LogP contribution in [0.15, 0.2) is 73.1 Å². The van der Waals surface area contributed by atoms with Gasteiger partial charge in [-0.2, -0.15) is 0 Å². The molecule has 0 radical (unpaired) electrons. The van der Waals surface area contributed by atoms with Crippen LogP contribution < -0.4 is 10.4 Å². The van der Waals surface area contributed by atoms with Crippen LogP contribution >= 0.6 is 11.8 Å². The Balaban J connectivity index is 1.33. The fourth-order valence-corrected chi connectivity index (χ4v) is 4.60. The zero-order valence-corrected chi connectivity index (χ0v) is 21.3. The number of amides is 2. The third kappa shape index (κ3) is 5.57. The van der Waals surface area contributed by atoms with Crippen molar-refractivity contribution in [1.82, 2.24) is 25.2 Å². The maximum absolute atomic E-state index is 12.8. The number of hydrogen-bond acceptors (Lipinski definition) is 6. The maximum Gasteiger partial charge on any atom is 0.326 e. The zero-order valence-electron chi connectivity index (χ0n) is 20.5. The number of aromatic nitrogens is 2. The number of fused-ring (bicyclic) bond motifs is 1. The van der Waals surface area contributed by atoms with Crippen molar-refractivity contribution in [2.45, 2.75) is 18.9 Å².